The molecular formula is C11H9ClFN3S. The number of thiocarbonyl (C=S) groups is 1. The Balaban J connectivity index is 2.35. The average molecular weight is 270 g/mol. The van der Waals surface area contributed by atoms with Gasteiger partial charge in [-0.25, -0.2) is 9.37 Å². The first-order valence-electron chi connectivity index (χ1n) is 4.83. The van der Waals surface area contributed by atoms with Crippen LogP contribution in [0.2, 0.25) is 5.02 Å². The summed E-state index contributed by atoms with van der Waals surface area (Å²) in [6, 6.07) is 4.66. The van der Waals surface area contributed by atoms with Crippen LogP contribution in [0.15, 0.2) is 30.6 Å². The summed E-state index contributed by atoms with van der Waals surface area (Å²) in [5, 5.41) is 0.107. The van der Waals surface area contributed by atoms with Crippen LogP contribution in [0.4, 0.5) is 4.39 Å². The van der Waals surface area contributed by atoms with Crippen LogP contribution in [0.25, 0.3) is 0 Å². The molecule has 0 bridgehead atoms. The lowest BCUT2D eigenvalue weighted by Gasteiger charge is -2.08. The molecule has 0 aliphatic carbocycles. The highest BCUT2D eigenvalue weighted by Crippen LogP contribution is 2.20. The molecule has 1 heterocycles. The SMILES string of the molecule is NC(=S)c1nccn1Cc1cccc(F)c1Cl. The smallest absolute Gasteiger partial charge is 0.167 e. The lowest BCUT2D eigenvalue weighted by atomic mass is 10.2. The topological polar surface area (TPSA) is 43.8 Å². The molecular weight excluding hydrogens is 261 g/mol. The van der Waals surface area contributed by atoms with Gasteiger partial charge in [0.05, 0.1) is 11.6 Å². The van der Waals surface area contributed by atoms with Gasteiger partial charge in [0.15, 0.2) is 5.82 Å². The summed E-state index contributed by atoms with van der Waals surface area (Å²) >= 11 is 10.7. The molecule has 0 aliphatic heterocycles. The summed E-state index contributed by atoms with van der Waals surface area (Å²) in [5.41, 5.74) is 6.18. The molecule has 2 rings (SSSR count). The van der Waals surface area contributed by atoms with Crippen molar-refractivity contribution in [2.45, 2.75) is 6.54 Å². The summed E-state index contributed by atoms with van der Waals surface area (Å²) in [6.07, 6.45) is 3.30. The van der Waals surface area contributed by atoms with Crippen LogP contribution in [-0.4, -0.2) is 14.5 Å². The van der Waals surface area contributed by atoms with Crippen LogP contribution >= 0.6 is 23.8 Å². The van der Waals surface area contributed by atoms with Crippen LogP contribution in [0, 0.1) is 5.82 Å². The van der Waals surface area contributed by atoms with E-state index >= 15 is 0 Å². The van der Waals surface area contributed by atoms with Gasteiger partial charge in [0.1, 0.15) is 10.8 Å². The minimum absolute atomic E-state index is 0.107. The predicted molar refractivity (Wildman–Crippen MR) is 68.6 cm³/mol. The number of aromatic nitrogens is 2. The molecule has 0 saturated carbocycles. The molecule has 1 aromatic carbocycles. The number of hydrogen-bond donors (Lipinski definition) is 1. The van der Waals surface area contributed by atoms with Gasteiger partial charge in [0.25, 0.3) is 0 Å². The average Bonchev–Trinajstić information content (AvgIpc) is 2.73. The molecule has 0 fully saturated rings. The van der Waals surface area contributed by atoms with E-state index in [2.05, 4.69) is 4.98 Å². The molecule has 0 saturated heterocycles. The van der Waals surface area contributed by atoms with Crippen molar-refractivity contribution in [2.75, 3.05) is 0 Å². The van der Waals surface area contributed by atoms with E-state index in [4.69, 9.17) is 29.6 Å². The second-order valence-corrected chi connectivity index (χ2v) is 4.27. The number of benzene rings is 1. The fourth-order valence-corrected chi connectivity index (χ4v) is 1.87. The van der Waals surface area contributed by atoms with E-state index in [1.165, 1.54) is 6.07 Å². The van der Waals surface area contributed by atoms with Gasteiger partial charge in [-0.3, -0.25) is 0 Å². The first-order chi connectivity index (χ1) is 8.09. The maximum Gasteiger partial charge on any atom is 0.167 e. The summed E-state index contributed by atoms with van der Waals surface area (Å²) in [7, 11) is 0. The van der Waals surface area contributed by atoms with Crippen molar-refractivity contribution in [1.29, 1.82) is 0 Å². The molecule has 88 valence electrons. The zero-order valence-corrected chi connectivity index (χ0v) is 10.3. The number of nitrogens with two attached hydrogens (primary N) is 1. The lowest BCUT2D eigenvalue weighted by Crippen LogP contribution is -2.17. The number of imidazole rings is 1. The monoisotopic (exact) mass is 269 g/mol. The highest BCUT2D eigenvalue weighted by molar-refractivity contribution is 7.80. The normalized spacial score (nSPS) is 10.5. The van der Waals surface area contributed by atoms with E-state index in [1.54, 1.807) is 29.1 Å². The summed E-state index contributed by atoms with van der Waals surface area (Å²) in [4.78, 5) is 4.22. The molecule has 0 atom stereocenters. The van der Waals surface area contributed by atoms with E-state index in [-0.39, 0.29) is 10.0 Å². The lowest BCUT2D eigenvalue weighted by molar-refractivity contribution is 0.624. The number of halogens is 2. The fraction of sp³-hybridized carbons (Fsp3) is 0.0909. The molecule has 6 heteroatoms. The zero-order chi connectivity index (χ0) is 12.4. The van der Waals surface area contributed by atoms with Crippen molar-refractivity contribution in [3.05, 3.63) is 52.8 Å². The molecule has 0 amide bonds. The number of hydrogen-bond acceptors (Lipinski definition) is 2. The molecule has 0 radical (unpaired) electrons. The van der Waals surface area contributed by atoms with Crippen molar-refractivity contribution >= 4 is 28.8 Å². The Kier molecular flexibility index (Phi) is 3.40. The van der Waals surface area contributed by atoms with Crippen LogP contribution in [0.5, 0.6) is 0 Å². The second kappa shape index (κ2) is 4.81. The Morgan fingerprint density at radius 1 is 1.53 bits per heavy atom. The minimum atomic E-state index is -0.443. The Morgan fingerprint density at radius 2 is 2.29 bits per heavy atom. The Morgan fingerprint density at radius 3 is 3.00 bits per heavy atom. The zero-order valence-electron chi connectivity index (χ0n) is 8.73. The second-order valence-electron chi connectivity index (χ2n) is 3.46. The molecule has 3 nitrogen and oxygen atoms in total. The molecule has 2 N–H and O–H groups in total. The largest absolute Gasteiger partial charge is 0.387 e. The van der Waals surface area contributed by atoms with Crippen molar-refractivity contribution < 1.29 is 4.39 Å². The quantitative estimate of drug-likeness (QED) is 0.870. The van der Waals surface area contributed by atoms with Crippen molar-refractivity contribution in [3.8, 4) is 0 Å². The molecule has 17 heavy (non-hydrogen) atoms. The van der Waals surface area contributed by atoms with Gasteiger partial charge >= 0.3 is 0 Å². The molecule has 0 unspecified atom stereocenters. The van der Waals surface area contributed by atoms with Gasteiger partial charge in [-0.15, -0.1) is 0 Å². The number of rotatable bonds is 3. The summed E-state index contributed by atoms with van der Waals surface area (Å²) < 4.78 is 15.0. The van der Waals surface area contributed by atoms with Crippen molar-refractivity contribution in [1.82, 2.24) is 9.55 Å². The maximum atomic E-state index is 13.3. The maximum absolute atomic E-state index is 13.3. The van der Waals surface area contributed by atoms with E-state index in [0.717, 1.165) is 0 Å². The van der Waals surface area contributed by atoms with Crippen LogP contribution in [-0.2, 0) is 6.54 Å². The van der Waals surface area contributed by atoms with E-state index in [0.29, 0.717) is 17.9 Å². The Bertz CT molecular complexity index is 568. The summed E-state index contributed by atoms with van der Waals surface area (Å²) in [6.45, 7) is 0.378. The Labute approximate surface area is 108 Å². The fourth-order valence-electron chi connectivity index (χ4n) is 1.52. The first-order valence-corrected chi connectivity index (χ1v) is 5.62. The van der Waals surface area contributed by atoms with E-state index in [9.17, 15) is 4.39 Å². The minimum Gasteiger partial charge on any atom is -0.387 e. The highest BCUT2D eigenvalue weighted by Gasteiger charge is 2.10. The van der Waals surface area contributed by atoms with Crippen LogP contribution < -0.4 is 5.73 Å². The molecule has 2 aromatic rings. The Hall–Kier alpha value is -1.46. The van der Waals surface area contributed by atoms with Gasteiger partial charge in [-0.2, -0.15) is 0 Å². The van der Waals surface area contributed by atoms with Gasteiger partial charge in [0, 0.05) is 12.4 Å². The van der Waals surface area contributed by atoms with Crippen LogP contribution in [0.1, 0.15) is 11.4 Å². The highest BCUT2D eigenvalue weighted by atomic mass is 35.5. The van der Waals surface area contributed by atoms with Crippen molar-refractivity contribution in [2.24, 2.45) is 5.73 Å². The van der Waals surface area contributed by atoms with Gasteiger partial charge in [-0.05, 0) is 11.6 Å². The van der Waals surface area contributed by atoms with Crippen LogP contribution in [0.3, 0.4) is 0 Å². The number of nitrogens with zero attached hydrogens (tertiary/aromatic N) is 2. The third-order valence-electron chi connectivity index (χ3n) is 2.31. The summed E-state index contributed by atoms with van der Waals surface area (Å²) in [5.74, 6) is 0.0430. The molecule has 0 aliphatic rings. The van der Waals surface area contributed by atoms with Gasteiger partial charge in [0.2, 0.25) is 0 Å². The third kappa shape index (κ3) is 2.45. The standard InChI is InChI=1S/C11H9ClFN3S/c12-9-7(2-1-3-8(9)13)6-16-5-4-15-11(16)10(14)17/h1-5H,6H2,(H2,14,17). The molecule has 1 aromatic heterocycles. The first kappa shape index (κ1) is 12.0. The third-order valence-corrected chi connectivity index (χ3v) is 2.91. The predicted octanol–water partition coefficient (Wildman–Crippen LogP) is 2.36. The van der Waals surface area contributed by atoms with E-state index in [1.807, 2.05) is 0 Å². The van der Waals surface area contributed by atoms with Gasteiger partial charge in [-0.1, -0.05) is 36.0 Å². The molecule has 0 spiro atoms. The van der Waals surface area contributed by atoms with Gasteiger partial charge < -0.3 is 10.3 Å². The van der Waals surface area contributed by atoms with Crippen molar-refractivity contribution in [3.63, 3.8) is 0 Å². The van der Waals surface area contributed by atoms with E-state index < -0.39 is 5.82 Å².